The SMILES string of the molecule is Cc1nc(CNCc2ccc(S(C)(=O)=O)cc2)oc1C. The number of oxazole rings is 1. The first-order valence-corrected chi connectivity index (χ1v) is 8.18. The van der Waals surface area contributed by atoms with Gasteiger partial charge in [0.1, 0.15) is 5.76 Å². The van der Waals surface area contributed by atoms with Crippen molar-refractivity contribution in [1.29, 1.82) is 0 Å². The molecule has 0 spiro atoms. The Kier molecular flexibility index (Phi) is 4.25. The van der Waals surface area contributed by atoms with Gasteiger partial charge in [-0.05, 0) is 31.5 Å². The van der Waals surface area contributed by atoms with Gasteiger partial charge < -0.3 is 9.73 Å². The van der Waals surface area contributed by atoms with Gasteiger partial charge in [-0.15, -0.1) is 0 Å². The van der Waals surface area contributed by atoms with Crippen LogP contribution >= 0.6 is 0 Å². The van der Waals surface area contributed by atoms with Crippen LogP contribution in [0, 0.1) is 13.8 Å². The third-order valence-electron chi connectivity index (χ3n) is 3.03. The monoisotopic (exact) mass is 294 g/mol. The minimum Gasteiger partial charge on any atom is -0.444 e. The van der Waals surface area contributed by atoms with Gasteiger partial charge in [0.05, 0.1) is 17.1 Å². The van der Waals surface area contributed by atoms with E-state index < -0.39 is 9.84 Å². The van der Waals surface area contributed by atoms with Gasteiger partial charge in [-0.3, -0.25) is 0 Å². The largest absolute Gasteiger partial charge is 0.444 e. The van der Waals surface area contributed by atoms with Crippen molar-refractivity contribution in [2.75, 3.05) is 6.26 Å². The van der Waals surface area contributed by atoms with E-state index in [2.05, 4.69) is 10.3 Å². The molecule has 0 aliphatic rings. The first kappa shape index (κ1) is 14.7. The zero-order chi connectivity index (χ0) is 14.8. The molecule has 0 fully saturated rings. The Balaban J connectivity index is 1.91. The average molecular weight is 294 g/mol. The summed E-state index contributed by atoms with van der Waals surface area (Å²) in [5.41, 5.74) is 1.91. The lowest BCUT2D eigenvalue weighted by molar-refractivity contribution is 0.448. The van der Waals surface area contributed by atoms with E-state index in [4.69, 9.17) is 4.42 Å². The number of nitrogens with zero attached hydrogens (tertiary/aromatic N) is 1. The van der Waals surface area contributed by atoms with E-state index in [1.807, 2.05) is 13.8 Å². The lowest BCUT2D eigenvalue weighted by Gasteiger charge is -2.04. The molecule has 2 aromatic rings. The molecule has 1 N–H and O–H groups in total. The second-order valence-electron chi connectivity index (χ2n) is 4.77. The van der Waals surface area contributed by atoms with Crippen molar-refractivity contribution < 1.29 is 12.8 Å². The number of rotatable bonds is 5. The van der Waals surface area contributed by atoms with Crippen LogP contribution in [0.2, 0.25) is 0 Å². The van der Waals surface area contributed by atoms with E-state index in [0.717, 1.165) is 17.0 Å². The van der Waals surface area contributed by atoms with Crippen molar-refractivity contribution in [3.8, 4) is 0 Å². The fraction of sp³-hybridized carbons (Fsp3) is 0.357. The molecule has 0 saturated heterocycles. The number of sulfone groups is 1. The van der Waals surface area contributed by atoms with Crippen molar-refractivity contribution in [1.82, 2.24) is 10.3 Å². The van der Waals surface area contributed by atoms with Gasteiger partial charge in [0, 0.05) is 12.8 Å². The van der Waals surface area contributed by atoms with Gasteiger partial charge in [-0.1, -0.05) is 12.1 Å². The first-order valence-electron chi connectivity index (χ1n) is 6.29. The highest BCUT2D eigenvalue weighted by Gasteiger charge is 2.07. The summed E-state index contributed by atoms with van der Waals surface area (Å²) in [6.07, 6.45) is 1.20. The summed E-state index contributed by atoms with van der Waals surface area (Å²) in [4.78, 5) is 4.61. The third kappa shape index (κ3) is 3.68. The summed E-state index contributed by atoms with van der Waals surface area (Å²) in [6, 6.07) is 6.84. The highest BCUT2D eigenvalue weighted by Crippen LogP contribution is 2.11. The molecule has 0 bridgehead atoms. The predicted octanol–water partition coefficient (Wildman–Crippen LogP) is 1.98. The minimum atomic E-state index is -3.13. The highest BCUT2D eigenvalue weighted by molar-refractivity contribution is 7.90. The second kappa shape index (κ2) is 5.76. The smallest absolute Gasteiger partial charge is 0.208 e. The van der Waals surface area contributed by atoms with E-state index in [9.17, 15) is 8.42 Å². The molecule has 5 nitrogen and oxygen atoms in total. The van der Waals surface area contributed by atoms with Crippen molar-refractivity contribution in [3.63, 3.8) is 0 Å². The number of aromatic nitrogens is 1. The lowest BCUT2D eigenvalue weighted by Crippen LogP contribution is -2.13. The Morgan fingerprint density at radius 1 is 1.15 bits per heavy atom. The maximum Gasteiger partial charge on any atom is 0.208 e. The van der Waals surface area contributed by atoms with Crippen LogP contribution in [0.25, 0.3) is 0 Å². The van der Waals surface area contributed by atoms with Gasteiger partial charge in [0.2, 0.25) is 5.89 Å². The number of hydrogen-bond donors (Lipinski definition) is 1. The van der Waals surface area contributed by atoms with Crippen LogP contribution in [0.1, 0.15) is 22.9 Å². The van der Waals surface area contributed by atoms with Crippen molar-refractivity contribution in [2.24, 2.45) is 0 Å². The Bertz CT molecular complexity index is 668. The van der Waals surface area contributed by atoms with Gasteiger partial charge in [-0.2, -0.15) is 0 Å². The lowest BCUT2D eigenvalue weighted by atomic mass is 10.2. The number of hydrogen-bond acceptors (Lipinski definition) is 5. The first-order chi connectivity index (χ1) is 9.36. The van der Waals surface area contributed by atoms with E-state index in [-0.39, 0.29) is 0 Å². The molecule has 0 unspecified atom stereocenters. The molecule has 6 heteroatoms. The van der Waals surface area contributed by atoms with Crippen molar-refractivity contribution >= 4 is 9.84 Å². The van der Waals surface area contributed by atoms with Crippen LogP contribution in [-0.2, 0) is 22.9 Å². The molecule has 0 aliphatic carbocycles. The Morgan fingerprint density at radius 3 is 2.30 bits per heavy atom. The Labute approximate surface area is 119 Å². The molecular formula is C14H18N2O3S. The van der Waals surface area contributed by atoms with E-state index >= 15 is 0 Å². The van der Waals surface area contributed by atoms with Crippen LogP contribution in [0.5, 0.6) is 0 Å². The summed E-state index contributed by atoms with van der Waals surface area (Å²) in [5.74, 6) is 1.49. The molecular weight excluding hydrogens is 276 g/mol. The fourth-order valence-electron chi connectivity index (χ4n) is 1.78. The normalized spacial score (nSPS) is 11.8. The van der Waals surface area contributed by atoms with Crippen molar-refractivity contribution in [2.45, 2.75) is 31.8 Å². The van der Waals surface area contributed by atoms with E-state index in [0.29, 0.717) is 23.9 Å². The summed E-state index contributed by atoms with van der Waals surface area (Å²) in [5, 5.41) is 3.21. The topological polar surface area (TPSA) is 72.2 Å². The number of aryl methyl sites for hydroxylation is 2. The third-order valence-corrected chi connectivity index (χ3v) is 4.16. The summed E-state index contributed by atoms with van der Waals surface area (Å²) < 4.78 is 28.1. The van der Waals surface area contributed by atoms with Crippen molar-refractivity contribution in [3.05, 3.63) is 47.2 Å². The molecule has 1 aromatic heterocycles. The van der Waals surface area contributed by atoms with Crippen LogP contribution in [0.15, 0.2) is 33.6 Å². The van der Waals surface area contributed by atoms with Gasteiger partial charge >= 0.3 is 0 Å². The van der Waals surface area contributed by atoms with Gasteiger partial charge in [0.15, 0.2) is 9.84 Å². The molecule has 0 saturated carbocycles. The quantitative estimate of drug-likeness (QED) is 0.913. The molecule has 0 amide bonds. The number of nitrogens with one attached hydrogen (secondary N) is 1. The molecule has 0 radical (unpaired) electrons. The van der Waals surface area contributed by atoms with Crippen LogP contribution in [0.4, 0.5) is 0 Å². The zero-order valence-corrected chi connectivity index (χ0v) is 12.6. The predicted molar refractivity (Wildman–Crippen MR) is 76.1 cm³/mol. The maximum atomic E-state index is 11.3. The summed E-state index contributed by atoms with van der Waals surface area (Å²) >= 11 is 0. The maximum absolute atomic E-state index is 11.3. The van der Waals surface area contributed by atoms with Crippen LogP contribution in [0.3, 0.4) is 0 Å². The summed E-state index contributed by atoms with van der Waals surface area (Å²) in [6.45, 7) is 4.97. The molecule has 1 heterocycles. The molecule has 108 valence electrons. The van der Waals surface area contributed by atoms with Crippen LogP contribution in [-0.4, -0.2) is 19.7 Å². The second-order valence-corrected chi connectivity index (χ2v) is 6.78. The van der Waals surface area contributed by atoms with E-state index in [1.54, 1.807) is 24.3 Å². The number of benzene rings is 1. The molecule has 0 atom stereocenters. The van der Waals surface area contributed by atoms with Gasteiger partial charge in [0.25, 0.3) is 0 Å². The Morgan fingerprint density at radius 2 is 1.80 bits per heavy atom. The highest BCUT2D eigenvalue weighted by atomic mass is 32.2. The molecule has 0 aliphatic heterocycles. The molecule has 2 rings (SSSR count). The average Bonchev–Trinajstić information content (AvgIpc) is 2.68. The van der Waals surface area contributed by atoms with E-state index in [1.165, 1.54) is 6.26 Å². The Hall–Kier alpha value is -1.66. The fourth-order valence-corrected chi connectivity index (χ4v) is 2.41. The van der Waals surface area contributed by atoms with Crippen LogP contribution < -0.4 is 5.32 Å². The molecule has 1 aromatic carbocycles. The molecule has 20 heavy (non-hydrogen) atoms. The zero-order valence-electron chi connectivity index (χ0n) is 11.8. The van der Waals surface area contributed by atoms with Gasteiger partial charge in [-0.25, -0.2) is 13.4 Å². The summed E-state index contributed by atoms with van der Waals surface area (Å²) in [7, 11) is -3.13. The minimum absolute atomic E-state index is 0.334. The standard InChI is InChI=1S/C14H18N2O3S/c1-10-11(2)19-14(16-10)9-15-8-12-4-6-13(7-5-12)20(3,17)18/h4-7,15H,8-9H2,1-3H3.